The van der Waals surface area contributed by atoms with Gasteiger partial charge >= 0.3 is 11.9 Å². The van der Waals surface area contributed by atoms with E-state index in [1.165, 1.54) is 6.92 Å². The minimum Gasteiger partial charge on any atom is -0.478 e. The maximum absolute atomic E-state index is 11.3. The third-order valence-electron chi connectivity index (χ3n) is 2.10. The SMILES string of the molecule is C=C(C)C(=O)O.C=C(C)C(=O)OC1(S)C=CC(S)=CC1. The van der Waals surface area contributed by atoms with Crippen LogP contribution >= 0.6 is 25.3 Å². The highest BCUT2D eigenvalue weighted by molar-refractivity contribution is 7.84. The third-order valence-corrected chi connectivity index (χ3v) is 2.86. The maximum Gasteiger partial charge on any atom is 0.334 e. The van der Waals surface area contributed by atoms with Crippen molar-refractivity contribution in [3.63, 3.8) is 0 Å². The number of rotatable bonds is 3. The number of ether oxygens (including phenoxy) is 1. The van der Waals surface area contributed by atoms with Crippen molar-refractivity contribution in [3.05, 3.63) is 47.4 Å². The lowest BCUT2D eigenvalue weighted by atomic mass is 10.1. The molecule has 0 aromatic carbocycles. The smallest absolute Gasteiger partial charge is 0.334 e. The van der Waals surface area contributed by atoms with E-state index >= 15 is 0 Å². The Morgan fingerprint density at radius 2 is 1.85 bits per heavy atom. The first-order valence-corrected chi connectivity index (χ1v) is 6.55. The molecule has 1 atom stereocenters. The van der Waals surface area contributed by atoms with Gasteiger partial charge in [0, 0.05) is 22.5 Å². The molecule has 0 amide bonds. The van der Waals surface area contributed by atoms with Crippen LogP contribution in [0.5, 0.6) is 0 Å². The fourth-order valence-corrected chi connectivity index (χ4v) is 1.34. The Labute approximate surface area is 129 Å². The topological polar surface area (TPSA) is 63.6 Å². The number of esters is 1. The van der Waals surface area contributed by atoms with E-state index in [2.05, 4.69) is 38.4 Å². The molecule has 20 heavy (non-hydrogen) atoms. The molecular weight excluding hydrogens is 296 g/mol. The van der Waals surface area contributed by atoms with Crippen LogP contribution < -0.4 is 0 Å². The molecule has 0 bridgehead atoms. The second kappa shape index (κ2) is 8.01. The minimum atomic E-state index is -0.935. The number of hydrogen-bond donors (Lipinski definition) is 3. The van der Waals surface area contributed by atoms with E-state index in [1.54, 1.807) is 19.1 Å². The average Bonchev–Trinajstić information content (AvgIpc) is 2.33. The largest absolute Gasteiger partial charge is 0.478 e. The van der Waals surface area contributed by atoms with Crippen LogP contribution in [0.15, 0.2) is 47.4 Å². The first-order valence-electron chi connectivity index (χ1n) is 5.66. The fourth-order valence-electron chi connectivity index (χ4n) is 0.926. The van der Waals surface area contributed by atoms with Crippen molar-refractivity contribution in [2.75, 3.05) is 0 Å². The predicted molar refractivity (Wildman–Crippen MR) is 85.9 cm³/mol. The first-order chi connectivity index (χ1) is 9.07. The number of aliphatic carboxylic acids is 1. The molecule has 0 aromatic heterocycles. The Kier molecular flexibility index (Phi) is 7.45. The van der Waals surface area contributed by atoms with E-state index in [4.69, 9.17) is 9.84 Å². The zero-order valence-corrected chi connectivity index (χ0v) is 13.2. The Morgan fingerprint density at radius 3 is 2.15 bits per heavy atom. The molecule has 0 saturated carbocycles. The second-order valence-corrected chi connectivity index (χ2v) is 5.54. The molecule has 0 aromatic rings. The van der Waals surface area contributed by atoms with Crippen LogP contribution in [0, 0.1) is 0 Å². The zero-order chi connectivity index (χ0) is 15.9. The van der Waals surface area contributed by atoms with Crippen LogP contribution in [0.3, 0.4) is 0 Å². The number of allylic oxidation sites excluding steroid dienone is 1. The molecular formula is C14H18O4S2. The summed E-state index contributed by atoms with van der Waals surface area (Å²) in [6.07, 6.45) is 5.83. The van der Waals surface area contributed by atoms with Gasteiger partial charge in [-0.2, -0.15) is 0 Å². The molecule has 1 rings (SSSR count). The van der Waals surface area contributed by atoms with E-state index in [-0.39, 0.29) is 5.57 Å². The molecule has 1 aliphatic rings. The molecule has 0 aliphatic heterocycles. The number of carbonyl (C=O) groups excluding carboxylic acids is 1. The molecule has 1 aliphatic carbocycles. The molecule has 0 radical (unpaired) electrons. The van der Waals surface area contributed by atoms with Crippen molar-refractivity contribution < 1.29 is 19.4 Å². The van der Waals surface area contributed by atoms with Crippen LogP contribution in [-0.2, 0) is 14.3 Å². The Hall–Kier alpha value is -1.40. The maximum atomic E-state index is 11.3. The fraction of sp³-hybridized carbons (Fsp3) is 0.286. The first kappa shape index (κ1) is 18.6. The third kappa shape index (κ3) is 7.25. The highest BCUT2D eigenvalue weighted by Gasteiger charge is 2.27. The zero-order valence-electron chi connectivity index (χ0n) is 11.4. The summed E-state index contributed by atoms with van der Waals surface area (Å²) in [7, 11) is 0. The van der Waals surface area contributed by atoms with Gasteiger partial charge in [0.15, 0.2) is 4.93 Å². The summed E-state index contributed by atoms with van der Waals surface area (Å²) in [5.74, 6) is -1.37. The van der Waals surface area contributed by atoms with Gasteiger partial charge in [0.25, 0.3) is 0 Å². The lowest BCUT2D eigenvalue weighted by Gasteiger charge is -2.26. The van der Waals surface area contributed by atoms with E-state index in [1.807, 2.05) is 6.08 Å². The standard InChI is InChI=1S/C10H12O2S2.C4H6O2/c1-7(2)9(11)12-10(14)5-3-8(13)4-6-10;1-3(2)4(5)6/h3-5,13-14H,1,6H2,2H3;1H2,2H3,(H,5,6). The van der Waals surface area contributed by atoms with Crippen LogP contribution in [0.25, 0.3) is 0 Å². The van der Waals surface area contributed by atoms with Gasteiger partial charge in [-0.25, -0.2) is 9.59 Å². The van der Waals surface area contributed by atoms with Gasteiger partial charge in [-0.05, 0) is 26.0 Å². The van der Waals surface area contributed by atoms with Crippen LogP contribution in [0.1, 0.15) is 20.3 Å². The summed E-state index contributed by atoms with van der Waals surface area (Å²) in [5.41, 5.74) is 0.544. The van der Waals surface area contributed by atoms with Crippen molar-refractivity contribution in [2.45, 2.75) is 25.2 Å². The van der Waals surface area contributed by atoms with Gasteiger partial charge in [-0.15, -0.1) is 25.3 Å². The van der Waals surface area contributed by atoms with Gasteiger partial charge in [0.05, 0.1) is 0 Å². The van der Waals surface area contributed by atoms with E-state index in [0.717, 1.165) is 4.91 Å². The van der Waals surface area contributed by atoms with Crippen LogP contribution in [0.2, 0.25) is 0 Å². The monoisotopic (exact) mass is 314 g/mol. The number of hydrogen-bond acceptors (Lipinski definition) is 5. The van der Waals surface area contributed by atoms with Crippen molar-refractivity contribution >= 4 is 37.2 Å². The molecule has 0 heterocycles. The van der Waals surface area contributed by atoms with Crippen LogP contribution in [0.4, 0.5) is 0 Å². The number of carboxylic acid groups (broad SMARTS) is 1. The average molecular weight is 314 g/mol. The van der Waals surface area contributed by atoms with Gasteiger partial charge < -0.3 is 9.84 Å². The molecule has 0 spiro atoms. The molecule has 0 saturated heterocycles. The summed E-state index contributed by atoms with van der Waals surface area (Å²) >= 11 is 8.43. The van der Waals surface area contributed by atoms with Gasteiger partial charge in [-0.1, -0.05) is 19.2 Å². The molecule has 110 valence electrons. The van der Waals surface area contributed by atoms with Crippen molar-refractivity contribution in [1.82, 2.24) is 0 Å². The van der Waals surface area contributed by atoms with E-state index < -0.39 is 16.9 Å². The molecule has 0 fully saturated rings. The minimum absolute atomic E-state index is 0.176. The van der Waals surface area contributed by atoms with Crippen molar-refractivity contribution in [3.8, 4) is 0 Å². The van der Waals surface area contributed by atoms with E-state index in [9.17, 15) is 9.59 Å². The van der Waals surface area contributed by atoms with Gasteiger partial charge in [0.1, 0.15) is 0 Å². The molecule has 1 N–H and O–H groups in total. The molecule has 4 nitrogen and oxygen atoms in total. The number of carboxylic acids is 1. The predicted octanol–water partition coefficient (Wildman–Crippen LogP) is 3.15. The normalized spacial score (nSPS) is 20.1. The molecule has 6 heteroatoms. The summed E-state index contributed by atoms with van der Waals surface area (Å²) < 4.78 is 5.15. The Balaban J connectivity index is 0.000000511. The second-order valence-electron chi connectivity index (χ2n) is 4.27. The Bertz CT molecular complexity index is 479. The number of carbonyl (C=O) groups is 2. The number of thiol groups is 2. The van der Waals surface area contributed by atoms with Crippen molar-refractivity contribution in [2.24, 2.45) is 0 Å². The van der Waals surface area contributed by atoms with Crippen LogP contribution in [-0.4, -0.2) is 22.0 Å². The lowest BCUT2D eigenvalue weighted by molar-refractivity contribution is -0.143. The summed E-state index contributed by atoms with van der Waals surface area (Å²) in [4.78, 5) is 20.8. The summed E-state index contributed by atoms with van der Waals surface area (Å²) in [6, 6.07) is 0. The summed E-state index contributed by atoms with van der Waals surface area (Å²) in [6.45, 7) is 9.71. The van der Waals surface area contributed by atoms with Gasteiger partial charge in [-0.3, -0.25) is 0 Å². The lowest BCUT2D eigenvalue weighted by Crippen LogP contribution is -2.27. The highest BCUT2D eigenvalue weighted by Crippen LogP contribution is 2.30. The Morgan fingerprint density at radius 1 is 1.35 bits per heavy atom. The highest BCUT2D eigenvalue weighted by atomic mass is 32.1. The summed E-state index contributed by atoms with van der Waals surface area (Å²) in [5, 5.41) is 7.89. The van der Waals surface area contributed by atoms with Crippen molar-refractivity contribution in [1.29, 1.82) is 0 Å². The molecule has 1 unspecified atom stereocenters. The van der Waals surface area contributed by atoms with Gasteiger partial charge in [0.2, 0.25) is 0 Å². The van der Waals surface area contributed by atoms with E-state index in [0.29, 0.717) is 12.0 Å². The quantitative estimate of drug-likeness (QED) is 0.324.